The van der Waals surface area contributed by atoms with Crippen molar-refractivity contribution in [2.24, 2.45) is 0 Å². The average Bonchev–Trinajstić information content (AvgIpc) is 2.47. The van der Waals surface area contributed by atoms with Crippen LogP contribution >= 0.6 is 0 Å². The summed E-state index contributed by atoms with van der Waals surface area (Å²) in [5.41, 5.74) is 6.11. The number of nitrogens with two attached hydrogens (primary N) is 1. The van der Waals surface area contributed by atoms with Crippen LogP contribution in [0.1, 0.15) is 13.3 Å². The molecule has 2 N–H and O–H groups in total. The summed E-state index contributed by atoms with van der Waals surface area (Å²) in [7, 11) is -2.19. The molecule has 0 amide bonds. The van der Waals surface area contributed by atoms with Gasteiger partial charge in [-0.2, -0.15) is 4.31 Å². The number of anilines is 1. The first kappa shape index (κ1) is 15.1. The molecule has 20 heavy (non-hydrogen) atoms. The lowest BCUT2D eigenvalue weighted by Crippen LogP contribution is -2.48. The number of morpholine rings is 1. The zero-order chi connectivity index (χ0) is 14.8. The van der Waals surface area contributed by atoms with Crippen LogP contribution in [0.25, 0.3) is 0 Å². The number of hydrogen-bond donors (Lipinski definition) is 1. The average molecular weight is 300 g/mol. The Morgan fingerprint density at radius 2 is 2.25 bits per heavy atom. The van der Waals surface area contributed by atoms with Crippen molar-refractivity contribution < 1.29 is 17.9 Å². The van der Waals surface area contributed by atoms with Gasteiger partial charge in [0, 0.05) is 18.3 Å². The topological polar surface area (TPSA) is 81.9 Å². The van der Waals surface area contributed by atoms with Gasteiger partial charge in [-0.1, -0.05) is 6.92 Å². The Kier molecular flexibility index (Phi) is 4.52. The lowest BCUT2D eigenvalue weighted by molar-refractivity contribution is 0.0313. The number of hydrogen-bond acceptors (Lipinski definition) is 5. The summed E-state index contributed by atoms with van der Waals surface area (Å²) in [6, 6.07) is 4.48. The Morgan fingerprint density at radius 1 is 1.50 bits per heavy atom. The summed E-state index contributed by atoms with van der Waals surface area (Å²) in [4.78, 5) is 0.111. The largest absolute Gasteiger partial charge is 0.495 e. The van der Waals surface area contributed by atoms with E-state index in [9.17, 15) is 8.42 Å². The normalized spacial score (nSPS) is 20.8. The summed E-state index contributed by atoms with van der Waals surface area (Å²) in [6.07, 6.45) is 0.698. The van der Waals surface area contributed by atoms with E-state index in [-0.39, 0.29) is 10.9 Å². The Bertz CT molecular complexity index is 574. The summed E-state index contributed by atoms with van der Waals surface area (Å²) in [5, 5.41) is 0. The molecule has 2 rings (SSSR count). The first-order valence-corrected chi connectivity index (χ1v) is 7.97. The number of nitrogens with zero attached hydrogens (tertiary/aromatic N) is 1. The molecule has 1 aromatic rings. The van der Waals surface area contributed by atoms with Gasteiger partial charge in [0.15, 0.2) is 0 Å². The molecule has 0 spiro atoms. The van der Waals surface area contributed by atoms with Crippen molar-refractivity contribution in [3.63, 3.8) is 0 Å². The molecule has 1 aliphatic rings. The highest BCUT2D eigenvalue weighted by molar-refractivity contribution is 7.89. The quantitative estimate of drug-likeness (QED) is 0.841. The molecule has 1 heterocycles. The van der Waals surface area contributed by atoms with Crippen molar-refractivity contribution in [1.29, 1.82) is 0 Å². The van der Waals surface area contributed by atoms with E-state index in [1.165, 1.54) is 17.5 Å². The van der Waals surface area contributed by atoms with Crippen LogP contribution in [-0.4, -0.2) is 45.6 Å². The molecule has 1 aliphatic heterocycles. The molecule has 0 bridgehead atoms. The Hall–Kier alpha value is -1.31. The van der Waals surface area contributed by atoms with Crippen molar-refractivity contribution in [3.05, 3.63) is 18.2 Å². The molecule has 112 valence electrons. The molecular weight excluding hydrogens is 280 g/mol. The Morgan fingerprint density at radius 3 is 2.90 bits per heavy atom. The van der Waals surface area contributed by atoms with Crippen molar-refractivity contribution in [3.8, 4) is 5.75 Å². The third kappa shape index (κ3) is 2.74. The number of ether oxygens (including phenoxy) is 2. The fourth-order valence-electron chi connectivity index (χ4n) is 2.30. The highest BCUT2D eigenvalue weighted by atomic mass is 32.2. The number of nitrogen functional groups attached to an aromatic ring is 1. The van der Waals surface area contributed by atoms with E-state index in [0.717, 1.165) is 0 Å². The molecule has 1 unspecified atom stereocenters. The maximum Gasteiger partial charge on any atom is 0.247 e. The van der Waals surface area contributed by atoms with Crippen LogP contribution in [0.2, 0.25) is 0 Å². The highest BCUT2D eigenvalue weighted by Gasteiger charge is 2.34. The fourth-order valence-corrected chi connectivity index (χ4v) is 4.16. The summed E-state index contributed by atoms with van der Waals surface area (Å²) >= 11 is 0. The summed E-state index contributed by atoms with van der Waals surface area (Å²) in [6.45, 7) is 3.11. The third-order valence-corrected chi connectivity index (χ3v) is 5.39. The lowest BCUT2D eigenvalue weighted by Gasteiger charge is -2.34. The van der Waals surface area contributed by atoms with E-state index in [1.807, 2.05) is 6.92 Å². The minimum Gasteiger partial charge on any atom is -0.495 e. The van der Waals surface area contributed by atoms with Crippen LogP contribution in [-0.2, 0) is 14.8 Å². The molecule has 0 aromatic heterocycles. The Labute approximate surface area is 119 Å². The highest BCUT2D eigenvalue weighted by Crippen LogP contribution is 2.30. The number of benzene rings is 1. The smallest absolute Gasteiger partial charge is 0.247 e. The van der Waals surface area contributed by atoms with Crippen LogP contribution in [0, 0.1) is 0 Å². The molecule has 7 heteroatoms. The van der Waals surface area contributed by atoms with Crippen LogP contribution < -0.4 is 10.5 Å². The predicted octanol–water partition coefficient (Wildman–Crippen LogP) is 1.08. The first-order valence-electron chi connectivity index (χ1n) is 6.53. The molecule has 1 fully saturated rings. The van der Waals surface area contributed by atoms with E-state index in [2.05, 4.69) is 0 Å². The van der Waals surface area contributed by atoms with Gasteiger partial charge < -0.3 is 15.2 Å². The maximum atomic E-state index is 12.8. The van der Waals surface area contributed by atoms with Crippen LogP contribution in [0.5, 0.6) is 5.75 Å². The molecule has 0 saturated carbocycles. The van der Waals surface area contributed by atoms with Crippen molar-refractivity contribution in [2.75, 3.05) is 32.6 Å². The fraction of sp³-hybridized carbons (Fsp3) is 0.538. The van der Waals surface area contributed by atoms with Gasteiger partial charge in [-0.15, -0.1) is 0 Å². The van der Waals surface area contributed by atoms with E-state index in [0.29, 0.717) is 37.6 Å². The second kappa shape index (κ2) is 5.99. The maximum absolute atomic E-state index is 12.8. The monoisotopic (exact) mass is 300 g/mol. The van der Waals surface area contributed by atoms with Gasteiger partial charge in [-0.3, -0.25) is 0 Å². The number of methoxy groups -OCH3 is 1. The second-order valence-corrected chi connectivity index (χ2v) is 6.52. The first-order chi connectivity index (χ1) is 9.50. The minimum absolute atomic E-state index is 0.111. The van der Waals surface area contributed by atoms with Gasteiger partial charge >= 0.3 is 0 Å². The number of rotatable bonds is 4. The van der Waals surface area contributed by atoms with E-state index >= 15 is 0 Å². The van der Waals surface area contributed by atoms with Crippen molar-refractivity contribution in [2.45, 2.75) is 24.3 Å². The molecule has 0 aliphatic carbocycles. The number of sulfonamides is 1. The zero-order valence-corrected chi connectivity index (χ0v) is 12.5. The lowest BCUT2D eigenvalue weighted by atomic mass is 10.2. The van der Waals surface area contributed by atoms with E-state index in [4.69, 9.17) is 15.2 Å². The Balaban J connectivity index is 2.46. The van der Waals surface area contributed by atoms with Crippen molar-refractivity contribution in [1.82, 2.24) is 4.31 Å². The zero-order valence-electron chi connectivity index (χ0n) is 11.7. The van der Waals surface area contributed by atoms with Gasteiger partial charge in [0.1, 0.15) is 10.6 Å². The third-order valence-electron chi connectivity index (χ3n) is 3.42. The van der Waals surface area contributed by atoms with E-state index < -0.39 is 10.0 Å². The van der Waals surface area contributed by atoms with Gasteiger partial charge in [-0.25, -0.2) is 8.42 Å². The van der Waals surface area contributed by atoms with Gasteiger partial charge in [0.2, 0.25) is 10.0 Å². The standard InChI is InChI=1S/C13H20N2O4S/c1-3-11-9-19-7-6-15(11)20(16,17)13-8-10(14)4-5-12(13)18-2/h4-5,8,11H,3,6-7,9,14H2,1-2H3. The SMILES string of the molecule is CCC1COCCN1S(=O)(=O)c1cc(N)ccc1OC. The van der Waals surface area contributed by atoms with Gasteiger partial charge in [0.05, 0.1) is 20.3 Å². The molecule has 0 radical (unpaired) electrons. The summed E-state index contributed by atoms with van der Waals surface area (Å²) in [5.74, 6) is 0.306. The second-order valence-electron chi connectivity index (χ2n) is 4.66. The van der Waals surface area contributed by atoms with E-state index in [1.54, 1.807) is 12.1 Å². The molecule has 1 aromatic carbocycles. The predicted molar refractivity (Wildman–Crippen MR) is 76.2 cm³/mol. The minimum atomic E-state index is -3.64. The molecule has 1 atom stereocenters. The van der Waals surface area contributed by atoms with Gasteiger partial charge in [0.25, 0.3) is 0 Å². The summed E-state index contributed by atoms with van der Waals surface area (Å²) < 4.78 is 37.6. The van der Waals surface area contributed by atoms with Crippen LogP contribution in [0.3, 0.4) is 0 Å². The molecule has 6 nitrogen and oxygen atoms in total. The van der Waals surface area contributed by atoms with Gasteiger partial charge in [-0.05, 0) is 24.6 Å². The van der Waals surface area contributed by atoms with Crippen LogP contribution in [0.4, 0.5) is 5.69 Å². The van der Waals surface area contributed by atoms with Crippen LogP contribution in [0.15, 0.2) is 23.1 Å². The molecular formula is C13H20N2O4S. The molecule has 1 saturated heterocycles. The van der Waals surface area contributed by atoms with Crippen molar-refractivity contribution >= 4 is 15.7 Å².